The van der Waals surface area contributed by atoms with E-state index in [4.69, 9.17) is 0 Å². The second-order valence-corrected chi connectivity index (χ2v) is 7.09. The molecule has 0 bridgehead atoms. The van der Waals surface area contributed by atoms with E-state index in [-0.39, 0.29) is 11.6 Å². The quantitative estimate of drug-likeness (QED) is 0.452. The van der Waals surface area contributed by atoms with Crippen LogP contribution in [-0.4, -0.2) is 15.8 Å². The number of benzene rings is 2. The number of amides is 1. The number of aromatic nitrogens is 1. The molecule has 1 amide bonds. The highest BCUT2D eigenvalue weighted by atomic mass is 32.1. The summed E-state index contributed by atoms with van der Waals surface area (Å²) in [7, 11) is 0. The third-order valence-electron chi connectivity index (χ3n) is 4.45. The maximum Gasteiger partial charge on any atom is 0.269 e. The molecule has 0 saturated carbocycles. The molecule has 1 aromatic heterocycles. The highest BCUT2D eigenvalue weighted by Gasteiger charge is 2.12. The van der Waals surface area contributed by atoms with E-state index in [2.05, 4.69) is 36.3 Å². The first-order chi connectivity index (χ1) is 13.0. The number of nitrogens with zero attached hydrogens (tertiary/aromatic N) is 2. The van der Waals surface area contributed by atoms with Crippen LogP contribution in [0.2, 0.25) is 0 Å². The summed E-state index contributed by atoms with van der Waals surface area (Å²) >= 11 is 1.34. The number of hydrogen-bond donors (Lipinski definition) is 1. The van der Waals surface area contributed by atoms with Gasteiger partial charge in [-0.15, -0.1) is 11.3 Å². The van der Waals surface area contributed by atoms with Gasteiger partial charge < -0.3 is 0 Å². The van der Waals surface area contributed by atoms with Crippen molar-refractivity contribution in [2.24, 2.45) is 0 Å². The molecule has 0 aliphatic rings. The van der Waals surface area contributed by atoms with Crippen LogP contribution in [0.25, 0.3) is 11.3 Å². The molecule has 0 aliphatic heterocycles. The van der Waals surface area contributed by atoms with Gasteiger partial charge in [0.1, 0.15) is 0 Å². The van der Waals surface area contributed by atoms with Gasteiger partial charge in [-0.3, -0.25) is 20.2 Å². The molecule has 0 aliphatic carbocycles. The Morgan fingerprint density at radius 2 is 1.85 bits per heavy atom. The van der Waals surface area contributed by atoms with E-state index in [1.54, 1.807) is 0 Å². The summed E-state index contributed by atoms with van der Waals surface area (Å²) in [6, 6.07) is 13.8. The number of hydrogen-bond acceptors (Lipinski definition) is 5. The molecule has 6 nitrogen and oxygen atoms in total. The maximum absolute atomic E-state index is 12.3. The van der Waals surface area contributed by atoms with E-state index in [9.17, 15) is 14.9 Å². The van der Waals surface area contributed by atoms with Gasteiger partial charge >= 0.3 is 0 Å². The molecular weight excluding hydrogens is 362 g/mol. The number of nitro groups is 1. The molecule has 0 fully saturated rings. The summed E-state index contributed by atoms with van der Waals surface area (Å²) < 4.78 is 0. The highest BCUT2D eigenvalue weighted by molar-refractivity contribution is 7.14. The highest BCUT2D eigenvalue weighted by Crippen LogP contribution is 2.27. The minimum atomic E-state index is -0.499. The Morgan fingerprint density at radius 3 is 2.44 bits per heavy atom. The number of nitro benzene ring substituents is 1. The standard InChI is InChI=1S/C20H19N3O3S/c1-3-13(2)14-4-6-15(7-5-14)18-12-27-20(21-18)22-19(24)16-8-10-17(11-9-16)23(25)26/h4-13H,3H2,1-2H3,(H,21,22,24). The fourth-order valence-corrected chi connectivity index (χ4v) is 3.30. The molecule has 1 unspecified atom stereocenters. The van der Waals surface area contributed by atoms with Gasteiger partial charge in [0, 0.05) is 28.6 Å². The van der Waals surface area contributed by atoms with Gasteiger partial charge in [0.2, 0.25) is 0 Å². The number of nitrogens with one attached hydrogen (secondary N) is 1. The van der Waals surface area contributed by atoms with Crippen molar-refractivity contribution < 1.29 is 9.72 Å². The molecular formula is C20H19N3O3S. The van der Waals surface area contributed by atoms with Crippen LogP contribution < -0.4 is 5.32 Å². The van der Waals surface area contributed by atoms with E-state index in [1.165, 1.54) is 41.2 Å². The lowest BCUT2D eigenvalue weighted by molar-refractivity contribution is -0.384. The Kier molecular flexibility index (Phi) is 5.61. The van der Waals surface area contributed by atoms with E-state index in [0.29, 0.717) is 16.6 Å². The van der Waals surface area contributed by atoms with Crippen LogP contribution in [0.15, 0.2) is 53.9 Å². The molecule has 0 radical (unpaired) electrons. The minimum absolute atomic E-state index is 0.0519. The average molecular weight is 381 g/mol. The van der Waals surface area contributed by atoms with Crippen LogP contribution in [0.1, 0.15) is 42.1 Å². The first-order valence-electron chi connectivity index (χ1n) is 8.59. The Labute approximate surface area is 161 Å². The Morgan fingerprint density at radius 1 is 1.19 bits per heavy atom. The Balaban J connectivity index is 1.70. The lowest BCUT2D eigenvalue weighted by atomic mass is 9.97. The molecule has 0 saturated heterocycles. The molecule has 3 aromatic rings. The monoisotopic (exact) mass is 381 g/mol. The summed E-state index contributed by atoms with van der Waals surface area (Å²) in [6.45, 7) is 4.36. The summed E-state index contributed by atoms with van der Waals surface area (Å²) in [6.07, 6.45) is 1.09. The van der Waals surface area contributed by atoms with E-state index >= 15 is 0 Å². The molecule has 1 N–H and O–H groups in total. The van der Waals surface area contributed by atoms with Crippen LogP contribution in [0.3, 0.4) is 0 Å². The second-order valence-electron chi connectivity index (χ2n) is 6.23. The molecule has 138 valence electrons. The normalized spacial score (nSPS) is 11.8. The lowest BCUT2D eigenvalue weighted by Crippen LogP contribution is -2.11. The fraction of sp³-hybridized carbons (Fsp3) is 0.200. The molecule has 1 heterocycles. The van der Waals surface area contributed by atoms with E-state index < -0.39 is 4.92 Å². The summed E-state index contributed by atoms with van der Waals surface area (Å²) in [4.78, 5) is 26.9. The predicted molar refractivity (Wildman–Crippen MR) is 107 cm³/mol. The number of anilines is 1. The van der Waals surface area contributed by atoms with Gasteiger partial charge in [-0.05, 0) is 30.0 Å². The largest absolute Gasteiger partial charge is 0.298 e. The second kappa shape index (κ2) is 8.09. The molecule has 1 atom stereocenters. The van der Waals surface area contributed by atoms with Crippen molar-refractivity contribution in [3.05, 3.63) is 75.2 Å². The van der Waals surface area contributed by atoms with Gasteiger partial charge in [-0.1, -0.05) is 38.1 Å². The van der Waals surface area contributed by atoms with Crippen molar-refractivity contribution in [2.45, 2.75) is 26.2 Å². The zero-order chi connectivity index (χ0) is 19.4. The smallest absolute Gasteiger partial charge is 0.269 e. The lowest BCUT2D eigenvalue weighted by Gasteiger charge is -2.08. The fourth-order valence-electron chi connectivity index (χ4n) is 2.59. The zero-order valence-electron chi connectivity index (χ0n) is 15.0. The van der Waals surface area contributed by atoms with Crippen molar-refractivity contribution in [3.63, 3.8) is 0 Å². The average Bonchev–Trinajstić information content (AvgIpc) is 3.16. The zero-order valence-corrected chi connectivity index (χ0v) is 15.8. The van der Waals surface area contributed by atoms with Crippen LogP contribution in [0.5, 0.6) is 0 Å². The Hall–Kier alpha value is -3.06. The third-order valence-corrected chi connectivity index (χ3v) is 5.21. The summed E-state index contributed by atoms with van der Waals surface area (Å²) in [5.41, 5.74) is 3.38. The van der Waals surface area contributed by atoms with Crippen molar-refractivity contribution in [3.8, 4) is 11.3 Å². The van der Waals surface area contributed by atoms with E-state index in [0.717, 1.165) is 17.7 Å². The predicted octanol–water partition coefficient (Wildman–Crippen LogP) is 5.48. The molecule has 27 heavy (non-hydrogen) atoms. The number of carbonyl (C=O) groups excluding carboxylic acids is 1. The molecule has 3 rings (SSSR count). The molecule has 7 heteroatoms. The van der Waals surface area contributed by atoms with Crippen molar-refractivity contribution >= 4 is 28.1 Å². The SMILES string of the molecule is CCC(C)c1ccc(-c2csc(NC(=O)c3ccc([N+](=O)[O-])cc3)n2)cc1. The molecule has 0 spiro atoms. The van der Waals surface area contributed by atoms with Crippen LogP contribution in [0, 0.1) is 10.1 Å². The minimum Gasteiger partial charge on any atom is -0.298 e. The summed E-state index contributed by atoms with van der Waals surface area (Å²) in [5, 5.41) is 15.8. The first-order valence-corrected chi connectivity index (χ1v) is 9.47. The number of carbonyl (C=O) groups is 1. The number of rotatable bonds is 6. The maximum atomic E-state index is 12.3. The van der Waals surface area contributed by atoms with E-state index in [1.807, 2.05) is 17.5 Å². The number of thiazole rings is 1. The van der Waals surface area contributed by atoms with Gasteiger partial charge in [0.05, 0.1) is 10.6 Å². The molecule has 2 aromatic carbocycles. The summed E-state index contributed by atoms with van der Waals surface area (Å²) in [5.74, 6) is 0.170. The van der Waals surface area contributed by atoms with Crippen LogP contribution in [0.4, 0.5) is 10.8 Å². The van der Waals surface area contributed by atoms with Gasteiger partial charge in [-0.25, -0.2) is 4.98 Å². The van der Waals surface area contributed by atoms with Crippen LogP contribution in [-0.2, 0) is 0 Å². The third kappa shape index (κ3) is 4.38. The van der Waals surface area contributed by atoms with Crippen LogP contribution >= 0.6 is 11.3 Å². The first kappa shape index (κ1) is 18.7. The Bertz CT molecular complexity index is 949. The van der Waals surface area contributed by atoms with Gasteiger partial charge in [-0.2, -0.15) is 0 Å². The van der Waals surface area contributed by atoms with Gasteiger partial charge in [0.15, 0.2) is 5.13 Å². The van der Waals surface area contributed by atoms with Crippen molar-refractivity contribution in [1.82, 2.24) is 4.98 Å². The van der Waals surface area contributed by atoms with Crippen molar-refractivity contribution in [1.29, 1.82) is 0 Å². The van der Waals surface area contributed by atoms with Gasteiger partial charge in [0.25, 0.3) is 11.6 Å². The topological polar surface area (TPSA) is 85.1 Å². The number of non-ortho nitro benzene ring substituents is 1. The van der Waals surface area contributed by atoms with Crippen molar-refractivity contribution in [2.75, 3.05) is 5.32 Å².